The van der Waals surface area contributed by atoms with Crippen molar-refractivity contribution in [3.63, 3.8) is 0 Å². The Morgan fingerprint density at radius 3 is 2.85 bits per heavy atom. The molecule has 0 radical (unpaired) electrons. The predicted molar refractivity (Wildman–Crippen MR) is 99.2 cm³/mol. The standard InChI is InChI=1S/C21H18N4O2/c1-14-12-15(6-7-16(14)13-22)19-8-9-24(23-19)10-11-25-20(26)17-4-2-3-5-18(17)21(25)27/h2-4,6-9,12,18H,5,10-11H2,1H3. The lowest BCUT2D eigenvalue weighted by molar-refractivity contribution is -0.139. The number of allylic oxidation sites excluding steroid dienone is 3. The van der Waals surface area contributed by atoms with Gasteiger partial charge in [-0.25, -0.2) is 0 Å². The van der Waals surface area contributed by atoms with E-state index in [1.807, 2.05) is 43.5 Å². The van der Waals surface area contributed by atoms with Crippen LogP contribution >= 0.6 is 0 Å². The van der Waals surface area contributed by atoms with Gasteiger partial charge in [0.2, 0.25) is 5.91 Å². The lowest BCUT2D eigenvalue weighted by Gasteiger charge is -2.14. The minimum atomic E-state index is -0.322. The number of aryl methyl sites for hydroxylation is 1. The molecule has 1 fully saturated rings. The molecule has 2 heterocycles. The van der Waals surface area contributed by atoms with Crippen molar-refractivity contribution in [2.45, 2.75) is 19.9 Å². The molecule has 4 rings (SSSR count). The molecule has 2 aromatic rings. The Kier molecular flexibility index (Phi) is 4.21. The van der Waals surface area contributed by atoms with Gasteiger partial charge in [-0.3, -0.25) is 19.2 Å². The van der Waals surface area contributed by atoms with Gasteiger partial charge in [0.05, 0.1) is 29.8 Å². The maximum absolute atomic E-state index is 12.5. The van der Waals surface area contributed by atoms with E-state index in [0.717, 1.165) is 16.8 Å². The molecule has 2 amide bonds. The number of nitriles is 1. The zero-order valence-corrected chi connectivity index (χ0v) is 14.9. The lowest BCUT2D eigenvalue weighted by atomic mass is 9.94. The van der Waals surface area contributed by atoms with E-state index in [1.165, 1.54) is 4.90 Å². The zero-order valence-electron chi connectivity index (χ0n) is 14.9. The molecule has 1 unspecified atom stereocenters. The number of likely N-dealkylation sites (tertiary alicyclic amines) is 1. The molecule has 1 aliphatic heterocycles. The van der Waals surface area contributed by atoms with Gasteiger partial charge in [-0.05, 0) is 37.1 Å². The van der Waals surface area contributed by atoms with E-state index in [2.05, 4.69) is 11.2 Å². The van der Waals surface area contributed by atoms with Gasteiger partial charge in [-0.2, -0.15) is 10.4 Å². The van der Waals surface area contributed by atoms with Crippen LogP contribution in [0.15, 0.2) is 54.3 Å². The molecule has 134 valence electrons. The molecule has 6 heteroatoms. The van der Waals surface area contributed by atoms with Gasteiger partial charge in [0.15, 0.2) is 0 Å². The SMILES string of the molecule is Cc1cc(-c2ccn(CCN3C(=O)C4=CC=CCC4C3=O)n2)ccc1C#N. The fourth-order valence-electron chi connectivity index (χ4n) is 3.53. The largest absolute Gasteiger partial charge is 0.276 e. The van der Waals surface area contributed by atoms with Gasteiger partial charge in [-0.1, -0.05) is 24.3 Å². The number of carbonyl (C=O) groups excluding carboxylic acids is 2. The Morgan fingerprint density at radius 2 is 2.11 bits per heavy atom. The number of benzene rings is 1. The summed E-state index contributed by atoms with van der Waals surface area (Å²) in [5, 5.41) is 13.6. The highest BCUT2D eigenvalue weighted by atomic mass is 16.2. The normalized spacial score (nSPS) is 18.4. The Hall–Kier alpha value is -3.46. The predicted octanol–water partition coefficient (Wildman–Crippen LogP) is 2.60. The molecule has 1 atom stereocenters. The van der Waals surface area contributed by atoms with E-state index in [-0.39, 0.29) is 17.7 Å². The van der Waals surface area contributed by atoms with E-state index in [9.17, 15) is 9.59 Å². The minimum Gasteiger partial charge on any atom is -0.276 e. The lowest BCUT2D eigenvalue weighted by Crippen LogP contribution is -2.33. The average molecular weight is 358 g/mol. The molecule has 0 saturated carbocycles. The molecule has 1 aromatic heterocycles. The van der Waals surface area contributed by atoms with Gasteiger partial charge < -0.3 is 0 Å². The zero-order chi connectivity index (χ0) is 19.0. The van der Waals surface area contributed by atoms with Crippen LogP contribution in [0.3, 0.4) is 0 Å². The van der Waals surface area contributed by atoms with Crippen molar-refractivity contribution < 1.29 is 9.59 Å². The topological polar surface area (TPSA) is 79.0 Å². The van der Waals surface area contributed by atoms with Crippen LogP contribution in [0.4, 0.5) is 0 Å². The third-order valence-electron chi connectivity index (χ3n) is 5.05. The first-order valence-electron chi connectivity index (χ1n) is 8.85. The second-order valence-corrected chi connectivity index (χ2v) is 6.74. The number of nitrogens with zero attached hydrogens (tertiary/aromatic N) is 4. The van der Waals surface area contributed by atoms with Crippen LogP contribution in [-0.2, 0) is 16.1 Å². The number of imide groups is 1. The molecule has 1 aromatic carbocycles. The number of carbonyl (C=O) groups is 2. The summed E-state index contributed by atoms with van der Waals surface area (Å²) in [7, 11) is 0. The quantitative estimate of drug-likeness (QED) is 0.787. The third-order valence-corrected chi connectivity index (χ3v) is 5.05. The Balaban J connectivity index is 1.46. The summed E-state index contributed by atoms with van der Waals surface area (Å²) in [6, 6.07) is 9.64. The van der Waals surface area contributed by atoms with Crippen molar-refractivity contribution in [1.82, 2.24) is 14.7 Å². The number of aromatic nitrogens is 2. The number of fused-ring (bicyclic) bond motifs is 1. The maximum atomic E-state index is 12.5. The highest BCUT2D eigenvalue weighted by Crippen LogP contribution is 2.31. The first kappa shape index (κ1) is 17.0. The van der Waals surface area contributed by atoms with Crippen LogP contribution in [0.2, 0.25) is 0 Å². The van der Waals surface area contributed by atoms with E-state index in [4.69, 9.17) is 5.26 Å². The van der Waals surface area contributed by atoms with Crippen molar-refractivity contribution in [3.05, 3.63) is 65.4 Å². The van der Waals surface area contributed by atoms with Gasteiger partial charge in [-0.15, -0.1) is 0 Å². The Morgan fingerprint density at radius 1 is 1.26 bits per heavy atom. The summed E-state index contributed by atoms with van der Waals surface area (Å²) in [6.07, 6.45) is 7.92. The fraction of sp³-hybridized carbons (Fsp3) is 0.238. The minimum absolute atomic E-state index is 0.120. The number of hydrogen-bond donors (Lipinski definition) is 0. The smallest absolute Gasteiger partial charge is 0.257 e. The second kappa shape index (κ2) is 6.69. The first-order chi connectivity index (χ1) is 13.1. The number of amides is 2. The van der Waals surface area contributed by atoms with Crippen molar-refractivity contribution in [1.29, 1.82) is 5.26 Å². The molecular weight excluding hydrogens is 340 g/mol. The van der Waals surface area contributed by atoms with E-state index >= 15 is 0 Å². The molecule has 0 N–H and O–H groups in total. The van der Waals surface area contributed by atoms with Crippen LogP contribution in [0.5, 0.6) is 0 Å². The number of hydrogen-bond acceptors (Lipinski definition) is 4. The van der Waals surface area contributed by atoms with Crippen LogP contribution in [-0.4, -0.2) is 33.0 Å². The molecule has 0 bridgehead atoms. The van der Waals surface area contributed by atoms with E-state index in [0.29, 0.717) is 30.6 Å². The van der Waals surface area contributed by atoms with Gasteiger partial charge in [0.1, 0.15) is 0 Å². The monoisotopic (exact) mass is 358 g/mol. The second-order valence-electron chi connectivity index (χ2n) is 6.74. The van der Waals surface area contributed by atoms with Gasteiger partial charge in [0, 0.05) is 23.9 Å². The molecule has 0 spiro atoms. The molecule has 27 heavy (non-hydrogen) atoms. The van der Waals surface area contributed by atoms with Crippen molar-refractivity contribution in [2.24, 2.45) is 5.92 Å². The molecule has 1 saturated heterocycles. The van der Waals surface area contributed by atoms with E-state index < -0.39 is 0 Å². The number of rotatable bonds is 4. The molecule has 6 nitrogen and oxygen atoms in total. The van der Waals surface area contributed by atoms with Crippen LogP contribution < -0.4 is 0 Å². The van der Waals surface area contributed by atoms with Gasteiger partial charge >= 0.3 is 0 Å². The molecular formula is C21H18N4O2. The van der Waals surface area contributed by atoms with Crippen molar-refractivity contribution in [3.8, 4) is 17.3 Å². The summed E-state index contributed by atoms with van der Waals surface area (Å²) in [5.74, 6) is -0.632. The molecule has 1 aliphatic carbocycles. The van der Waals surface area contributed by atoms with Crippen LogP contribution in [0, 0.1) is 24.2 Å². The van der Waals surface area contributed by atoms with Crippen molar-refractivity contribution >= 4 is 11.8 Å². The third kappa shape index (κ3) is 2.97. The summed E-state index contributed by atoms with van der Waals surface area (Å²) < 4.78 is 1.73. The summed E-state index contributed by atoms with van der Waals surface area (Å²) >= 11 is 0. The summed E-state index contributed by atoms with van der Waals surface area (Å²) in [5.41, 5.74) is 3.87. The Bertz CT molecular complexity index is 1040. The van der Waals surface area contributed by atoms with Crippen molar-refractivity contribution in [2.75, 3.05) is 6.54 Å². The summed E-state index contributed by atoms with van der Waals surface area (Å²) in [4.78, 5) is 26.2. The fourth-order valence-corrected chi connectivity index (χ4v) is 3.53. The Labute approximate surface area is 157 Å². The highest BCUT2D eigenvalue weighted by Gasteiger charge is 2.42. The van der Waals surface area contributed by atoms with Gasteiger partial charge in [0.25, 0.3) is 5.91 Å². The van der Waals surface area contributed by atoms with E-state index in [1.54, 1.807) is 16.8 Å². The average Bonchev–Trinajstić information content (AvgIpc) is 3.25. The summed E-state index contributed by atoms with van der Waals surface area (Å²) in [6.45, 7) is 2.64. The maximum Gasteiger partial charge on any atom is 0.257 e. The highest BCUT2D eigenvalue weighted by molar-refractivity contribution is 6.15. The van der Waals surface area contributed by atoms with Crippen LogP contribution in [0.1, 0.15) is 17.5 Å². The first-order valence-corrected chi connectivity index (χ1v) is 8.85. The van der Waals surface area contributed by atoms with Crippen LogP contribution in [0.25, 0.3) is 11.3 Å². The molecule has 2 aliphatic rings.